The molecule has 0 atom stereocenters. The van der Waals surface area contributed by atoms with Crippen LogP contribution in [-0.2, 0) is 13.0 Å². The Bertz CT molecular complexity index is 705. The lowest BCUT2D eigenvalue weighted by Crippen LogP contribution is -2.38. The van der Waals surface area contributed by atoms with E-state index in [1.165, 1.54) is 11.3 Å². The summed E-state index contributed by atoms with van der Waals surface area (Å²) in [6.45, 7) is 4.33. The molecule has 0 bridgehead atoms. The van der Waals surface area contributed by atoms with Crippen molar-refractivity contribution < 1.29 is 4.79 Å². The van der Waals surface area contributed by atoms with Crippen LogP contribution in [0.25, 0.3) is 0 Å². The van der Waals surface area contributed by atoms with E-state index >= 15 is 0 Å². The van der Waals surface area contributed by atoms with Crippen LogP contribution in [-0.4, -0.2) is 57.8 Å². The lowest BCUT2D eigenvalue weighted by atomic mass is 9.92. The van der Waals surface area contributed by atoms with Gasteiger partial charge in [0.2, 0.25) is 0 Å². The number of thiazole rings is 1. The van der Waals surface area contributed by atoms with Crippen molar-refractivity contribution in [3.8, 4) is 0 Å². The van der Waals surface area contributed by atoms with Crippen molar-refractivity contribution in [2.45, 2.75) is 32.7 Å². The van der Waals surface area contributed by atoms with E-state index in [-0.39, 0.29) is 5.91 Å². The van der Waals surface area contributed by atoms with Gasteiger partial charge in [-0.2, -0.15) is 0 Å². The quantitative estimate of drug-likeness (QED) is 0.820. The van der Waals surface area contributed by atoms with Crippen molar-refractivity contribution in [2.24, 2.45) is 5.92 Å². The summed E-state index contributed by atoms with van der Waals surface area (Å²) in [5.74, 6) is 0.701. The smallest absolute Gasteiger partial charge is 0.265 e. The SMILES string of the molecule is Cc1ncsc1C(=O)N1CCC(Cc2cnc(CN(C)C)cn2)CC1. The van der Waals surface area contributed by atoms with Crippen LogP contribution < -0.4 is 0 Å². The average molecular weight is 359 g/mol. The molecule has 0 saturated carbocycles. The Labute approximate surface area is 152 Å². The van der Waals surface area contributed by atoms with Crippen LogP contribution in [0.5, 0.6) is 0 Å². The molecule has 0 N–H and O–H groups in total. The third-order valence-corrected chi connectivity index (χ3v) is 5.49. The number of aromatic nitrogens is 3. The van der Waals surface area contributed by atoms with Gasteiger partial charge in [-0.05, 0) is 46.2 Å². The van der Waals surface area contributed by atoms with Gasteiger partial charge in [0.1, 0.15) is 4.88 Å². The highest BCUT2D eigenvalue weighted by Gasteiger charge is 2.25. The highest BCUT2D eigenvalue weighted by molar-refractivity contribution is 7.11. The molecule has 25 heavy (non-hydrogen) atoms. The minimum Gasteiger partial charge on any atom is -0.338 e. The Hall–Kier alpha value is -1.86. The molecule has 134 valence electrons. The van der Waals surface area contributed by atoms with E-state index in [0.29, 0.717) is 5.92 Å². The van der Waals surface area contributed by atoms with Gasteiger partial charge in [-0.25, -0.2) is 4.98 Å². The number of carbonyl (C=O) groups is 1. The molecule has 1 aliphatic heterocycles. The van der Waals surface area contributed by atoms with Gasteiger partial charge in [0.15, 0.2) is 0 Å². The molecule has 0 aromatic carbocycles. The molecule has 1 fully saturated rings. The first kappa shape index (κ1) is 17.9. The zero-order chi connectivity index (χ0) is 17.8. The molecular weight excluding hydrogens is 334 g/mol. The van der Waals surface area contributed by atoms with Crippen LogP contribution in [0.2, 0.25) is 0 Å². The lowest BCUT2D eigenvalue weighted by molar-refractivity contribution is 0.0694. The van der Waals surface area contributed by atoms with Crippen molar-refractivity contribution in [3.63, 3.8) is 0 Å². The highest BCUT2D eigenvalue weighted by atomic mass is 32.1. The van der Waals surface area contributed by atoms with Crippen molar-refractivity contribution in [3.05, 3.63) is 39.9 Å². The lowest BCUT2D eigenvalue weighted by Gasteiger charge is -2.31. The van der Waals surface area contributed by atoms with Crippen LogP contribution in [0.4, 0.5) is 0 Å². The van der Waals surface area contributed by atoms with E-state index < -0.39 is 0 Å². The predicted molar refractivity (Wildman–Crippen MR) is 98.6 cm³/mol. The average Bonchev–Trinajstić information content (AvgIpc) is 3.02. The first-order valence-electron chi connectivity index (χ1n) is 8.67. The molecule has 1 aliphatic rings. The van der Waals surface area contributed by atoms with E-state index in [1.807, 2.05) is 38.3 Å². The summed E-state index contributed by atoms with van der Waals surface area (Å²) in [6, 6.07) is 0. The number of aryl methyl sites for hydroxylation is 1. The monoisotopic (exact) mass is 359 g/mol. The first-order chi connectivity index (χ1) is 12.0. The van der Waals surface area contributed by atoms with Gasteiger partial charge in [-0.3, -0.25) is 14.8 Å². The molecule has 1 saturated heterocycles. The minimum atomic E-state index is 0.131. The van der Waals surface area contributed by atoms with Gasteiger partial charge < -0.3 is 9.80 Å². The number of likely N-dealkylation sites (tertiary alicyclic amines) is 1. The molecule has 0 spiro atoms. The molecule has 3 rings (SSSR count). The zero-order valence-corrected chi connectivity index (χ0v) is 15.9. The third kappa shape index (κ3) is 4.61. The Kier molecular flexibility index (Phi) is 5.75. The van der Waals surface area contributed by atoms with E-state index in [9.17, 15) is 4.79 Å². The Morgan fingerprint density at radius 2 is 1.88 bits per heavy atom. The van der Waals surface area contributed by atoms with Crippen LogP contribution >= 0.6 is 11.3 Å². The van der Waals surface area contributed by atoms with Gasteiger partial charge in [0, 0.05) is 25.8 Å². The van der Waals surface area contributed by atoms with Crippen molar-refractivity contribution in [2.75, 3.05) is 27.2 Å². The normalized spacial score (nSPS) is 15.8. The van der Waals surface area contributed by atoms with E-state index in [2.05, 4.69) is 19.9 Å². The summed E-state index contributed by atoms with van der Waals surface area (Å²) in [6.07, 6.45) is 6.75. The fraction of sp³-hybridized carbons (Fsp3) is 0.556. The molecule has 0 radical (unpaired) electrons. The number of hydrogen-bond acceptors (Lipinski definition) is 6. The summed E-state index contributed by atoms with van der Waals surface area (Å²) in [7, 11) is 4.05. The van der Waals surface area contributed by atoms with Crippen molar-refractivity contribution >= 4 is 17.2 Å². The van der Waals surface area contributed by atoms with Gasteiger partial charge in [-0.1, -0.05) is 0 Å². The predicted octanol–water partition coefficient (Wildman–Crippen LogP) is 2.40. The minimum absolute atomic E-state index is 0.131. The second kappa shape index (κ2) is 8.01. The highest BCUT2D eigenvalue weighted by Crippen LogP contribution is 2.24. The Morgan fingerprint density at radius 1 is 1.20 bits per heavy atom. The maximum Gasteiger partial charge on any atom is 0.265 e. The van der Waals surface area contributed by atoms with E-state index in [0.717, 1.165) is 60.9 Å². The van der Waals surface area contributed by atoms with Crippen LogP contribution in [0.3, 0.4) is 0 Å². The Morgan fingerprint density at radius 3 is 2.44 bits per heavy atom. The summed E-state index contributed by atoms with van der Waals surface area (Å²) in [5.41, 5.74) is 4.62. The number of nitrogens with zero attached hydrogens (tertiary/aromatic N) is 5. The topological polar surface area (TPSA) is 62.2 Å². The molecule has 3 heterocycles. The van der Waals surface area contributed by atoms with Gasteiger partial charge in [-0.15, -0.1) is 11.3 Å². The molecule has 2 aromatic heterocycles. The van der Waals surface area contributed by atoms with Crippen LogP contribution in [0, 0.1) is 12.8 Å². The number of hydrogen-bond donors (Lipinski definition) is 0. The number of piperidine rings is 1. The third-order valence-electron chi connectivity index (χ3n) is 4.58. The number of rotatable bonds is 5. The molecule has 2 aromatic rings. The summed E-state index contributed by atoms with van der Waals surface area (Å²) >= 11 is 1.44. The second-order valence-electron chi connectivity index (χ2n) is 6.94. The van der Waals surface area contributed by atoms with Gasteiger partial charge >= 0.3 is 0 Å². The standard InChI is InChI=1S/C18H25N5OS/c1-13-17(25-12-21-13)18(24)23-6-4-14(5-7-23)8-15-9-20-16(10-19-15)11-22(2)3/h9-10,12,14H,4-8,11H2,1-3H3. The molecule has 0 unspecified atom stereocenters. The number of carbonyl (C=O) groups excluding carboxylic acids is 1. The second-order valence-corrected chi connectivity index (χ2v) is 7.80. The summed E-state index contributed by atoms with van der Waals surface area (Å²) in [5, 5.41) is 0. The van der Waals surface area contributed by atoms with E-state index in [1.54, 1.807) is 5.51 Å². The largest absolute Gasteiger partial charge is 0.338 e. The maximum atomic E-state index is 12.5. The molecule has 0 aliphatic carbocycles. The maximum absolute atomic E-state index is 12.5. The van der Waals surface area contributed by atoms with Gasteiger partial charge in [0.05, 0.1) is 28.8 Å². The first-order valence-corrected chi connectivity index (χ1v) is 9.54. The Balaban J connectivity index is 1.51. The van der Waals surface area contributed by atoms with Crippen LogP contribution in [0.15, 0.2) is 17.9 Å². The van der Waals surface area contributed by atoms with E-state index in [4.69, 9.17) is 0 Å². The summed E-state index contributed by atoms with van der Waals surface area (Å²) < 4.78 is 0. The molecule has 6 nitrogen and oxygen atoms in total. The van der Waals surface area contributed by atoms with Crippen molar-refractivity contribution in [1.29, 1.82) is 0 Å². The fourth-order valence-corrected chi connectivity index (χ4v) is 3.95. The van der Waals surface area contributed by atoms with Crippen LogP contribution in [0.1, 0.15) is 39.6 Å². The van der Waals surface area contributed by atoms with Crippen molar-refractivity contribution in [1.82, 2.24) is 24.8 Å². The zero-order valence-electron chi connectivity index (χ0n) is 15.1. The molecule has 7 heteroatoms. The molecular formula is C18H25N5OS. The molecule has 1 amide bonds. The fourth-order valence-electron chi connectivity index (χ4n) is 3.18. The summed E-state index contributed by atoms with van der Waals surface area (Å²) in [4.78, 5) is 30.6. The number of amides is 1. The van der Waals surface area contributed by atoms with Gasteiger partial charge in [0.25, 0.3) is 5.91 Å².